The number of nitrogens with zero attached hydrogens (tertiary/aromatic N) is 2. The quantitative estimate of drug-likeness (QED) is 0.835. The fourth-order valence-corrected chi connectivity index (χ4v) is 3.68. The predicted molar refractivity (Wildman–Crippen MR) is 96.0 cm³/mol. The summed E-state index contributed by atoms with van der Waals surface area (Å²) in [4.78, 5) is 16.5. The van der Waals surface area contributed by atoms with E-state index in [1.807, 2.05) is 0 Å². The minimum Gasteiger partial charge on any atom is -0.353 e. The van der Waals surface area contributed by atoms with E-state index in [0.29, 0.717) is 36.5 Å². The van der Waals surface area contributed by atoms with Crippen molar-refractivity contribution < 1.29 is 9.32 Å². The van der Waals surface area contributed by atoms with E-state index in [0.717, 1.165) is 19.3 Å². The summed E-state index contributed by atoms with van der Waals surface area (Å²) >= 11 is 0. The van der Waals surface area contributed by atoms with Gasteiger partial charge in [-0.25, -0.2) is 0 Å². The van der Waals surface area contributed by atoms with Gasteiger partial charge >= 0.3 is 0 Å². The molecule has 1 fully saturated rings. The lowest BCUT2D eigenvalue weighted by molar-refractivity contribution is -0.122. The van der Waals surface area contributed by atoms with E-state index in [4.69, 9.17) is 4.52 Å². The van der Waals surface area contributed by atoms with Crippen molar-refractivity contribution in [2.75, 3.05) is 0 Å². The van der Waals surface area contributed by atoms with Crippen molar-refractivity contribution >= 4 is 5.91 Å². The lowest BCUT2D eigenvalue weighted by Gasteiger charge is -2.32. The van der Waals surface area contributed by atoms with E-state index in [9.17, 15) is 4.79 Å². The van der Waals surface area contributed by atoms with Crippen molar-refractivity contribution in [1.82, 2.24) is 15.5 Å². The van der Waals surface area contributed by atoms with Gasteiger partial charge in [0.15, 0.2) is 5.82 Å². The maximum absolute atomic E-state index is 12.3. The first-order chi connectivity index (χ1) is 12.2. The summed E-state index contributed by atoms with van der Waals surface area (Å²) in [5.41, 5.74) is 1.36. The largest absolute Gasteiger partial charge is 0.353 e. The number of aryl methyl sites for hydroxylation is 2. The molecule has 1 aliphatic rings. The molecule has 0 unspecified atom stereocenters. The number of hydrogen-bond donors (Lipinski definition) is 1. The van der Waals surface area contributed by atoms with Gasteiger partial charge in [-0.3, -0.25) is 4.79 Å². The Morgan fingerprint density at radius 3 is 2.80 bits per heavy atom. The van der Waals surface area contributed by atoms with Crippen LogP contribution in [0.1, 0.15) is 55.8 Å². The molecule has 0 aliphatic heterocycles. The third-order valence-electron chi connectivity index (χ3n) is 4.96. The minimum absolute atomic E-state index is 0.140. The van der Waals surface area contributed by atoms with Crippen LogP contribution in [0.5, 0.6) is 0 Å². The Kier molecular flexibility index (Phi) is 6.20. The lowest BCUT2D eigenvalue weighted by Crippen LogP contribution is -2.42. The maximum Gasteiger partial charge on any atom is 0.226 e. The molecular weight excluding hydrogens is 314 g/mol. The van der Waals surface area contributed by atoms with Crippen molar-refractivity contribution in [2.45, 2.75) is 64.3 Å². The molecule has 2 aromatic rings. The van der Waals surface area contributed by atoms with Crippen molar-refractivity contribution in [3.63, 3.8) is 0 Å². The highest BCUT2D eigenvalue weighted by molar-refractivity contribution is 5.76. The molecule has 1 aromatic carbocycles. The molecule has 1 N–H and O–H groups in total. The lowest BCUT2D eigenvalue weighted by atomic mass is 9.80. The van der Waals surface area contributed by atoms with Crippen LogP contribution in [0.4, 0.5) is 0 Å². The zero-order valence-corrected chi connectivity index (χ0v) is 14.9. The normalized spacial score (nSPS) is 20.4. The number of aromatic nitrogens is 2. The molecule has 2 atom stereocenters. The van der Waals surface area contributed by atoms with Crippen molar-refractivity contribution in [2.24, 2.45) is 5.92 Å². The van der Waals surface area contributed by atoms with Crippen LogP contribution in [0, 0.1) is 12.8 Å². The first-order valence-electron chi connectivity index (χ1n) is 9.33. The summed E-state index contributed by atoms with van der Waals surface area (Å²) in [5.74, 6) is 1.94. The van der Waals surface area contributed by atoms with E-state index < -0.39 is 0 Å². The summed E-state index contributed by atoms with van der Waals surface area (Å²) in [6.45, 7) is 1.80. The van der Waals surface area contributed by atoms with E-state index in [2.05, 4.69) is 45.8 Å². The summed E-state index contributed by atoms with van der Waals surface area (Å²) < 4.78 is 5.09. The Bertz CT molecular complexity index is 669. The fraction of sp³-hybridized carbons (Fsp3) is 0.550. The molecule has 0 bridgehead atoms. The second kappa shape index (κ2) is 8.79. The molecule has 0 spiro atoms. The minimum atomic E-state index is 0.140. The Morgan fingerprint density at radius 2 is 2.04 bits per heavy atom. The summed E-state index contributed by atoms with van der Waals surface area (Å²) in [6.07, 6.45) is 7.71. The Hall–Kier alpha value is -2.17. The van der Waals surface area contributed by atoms with Crippen LogP contribution in [0.25, 0.3) is 0 Å². The maximum atomic E-state index is 12.3. The number of rotatable bonds is 7. The third kappa shape index (κ3) is 5.41. The van der Waals surface area contributed by atoms with Gasteiger partial charge in [0.1, 0.15) is 0 Å². The van der Waals surface area contributed by atoms with Crippen molar-refractivity contribution in [3.8, 4) is 0 Å². The van der Waals surface area contributed by atoms with Gasteiger partial charge in [0.05, 0.1) is 0 Å². The number of amides is 1. The molecular formula is C20H27N3O2. The average Bonchev–Trinajstić information content (AvgIpc) is 3.03. The number of carbonyl (C=O) groups excluding carboxylic acids is 1. The number of benzene rings is 1. The molecule has 5 heteroatoms. The number of carbonyl (C=O) groups is 1. The molecule has 1 amide bonds. The highest BCUT2D eigenvalue weighted by Crippen LogP contribution is 2.27. The predicted octanol–water partition coefficient (Wildman–Crippen LogP) is 3.62. The van der Waals surface area contributed by atoms with Crippen molar-refractivity contribution in [3.05, 3.63) is 47.6 Å². The van der Waals surface area contributed by atoms with E-state index in [1.54, 1.807) is 6.92 Å². The first-order valence-corrected chi connectivity index (χ1v) is 9.33. The molecule has 25 heavy (non-hydrogen) atoms. The molecule has 134 valence electrons. The molecule has 1 heterocycles. The second-order valence-electron chi connectivity index (χ2n) is 7.00. The van der Waals surface area contributed by atoms with Gasteiger partial charge in [0.25, 0.3) is 0 Å². The van der Waals surface area contributed by atoms with Gasteiger partial charge in [0, 0.05) is 18.9 Å². The second-order valence-corrected chi connectivity index (χ2v) is 7.00. The topological polar surface area (TPSA) is 68.0 Å². The average molecular weight is 341 g/mol. The summed E-state index contributed by atoms with van der Waals surface area (Å²) in [6, 6.07) is 10.9. The zero-order chi connectivity index (χ0) is 17.5. The van der Waals surface area contributed by atoms with E-state index in [1.165, 1.54) is 24.8 Å². The van der Waals surface area contributed by atoms with Crippen LogP contribution in [0.2, 0.25) is 0 Å². The Morgan fingerprint density at radius 1 is 1.24 bits per heavy atom. The van der Waals surface area contributed by atoms with Crippen LogP contribution < -0.4 is 5.32 Å². The fourth-order valence-electron chi connectivity index (χ4n) is 3.68. The van der Waals surface area contributed by atoms with Crippen LogP contribution >= 0.6 is 0 Å². The van der Waals surface area contributed by atoms with Crippen LogP contribution in [-0.2, 0) is 17.6 Å². The molecule has 0 saturated heterocycles. The van der Waals surface area contributed by atoms with Gasteiger partial charge in [-0.05, 0) is 44.1 Å². The molecule has 1 aliphatic carbocycles. The Balaban J connectivity index is 1.46. The highest BCUT2D eigenvalue weighted by Gasteiger charge is 2.26. The van der Waals surface area contributed by atoms with Gasteiger partial charge in [-0.1, -0.05) is 48.3 Å². The number of hydrogen-bond acceptors (Lipinski definition) is 4. The number of nitrogens with one attached hydrogen (secondary N) is 1. The zero-order valence-electron chi connectivity index (χ0n) is 14.9. The molecule has 1 aromatic heterocycles. The van der Waals surface area contributed by atoms with Gasteiger partial charge < -0.3 is 9.84 Å². The SMILES string of the molecule is Cc1noc(CCCC(=O)N[C@H]2CCCC[C@@H]2Cc2ccccc2)n1. The third-order valence-corrected chi connectivity index (χ3v) is 4.96. The molecule has 3 rings (SSSR count). The summed E-state index contributed by atoms with van der Waals surface area (Å²) in [5, 5.41) is 7.05. The molecule has 1 saturated carbocycles. The van der Waals surface area contributed by atoms with Crippen molar-refractivity contribution in [1.29, 1.82) is 0 Å². The molecule has 0 radical (unpaired) electrons. The van der Waals surface area contributed by atoms with Gasteiger partial charge in [-0.2, -0.15) is 4.98 Å². The highest BCUT2D eigenvalue weighted by atomic mass is 16.5. The summed E-state index contributed by atoms with van der Waals surface area (Å²) in [7, 11) is 0. The van der Waals surface area contributed by atoms with Gasteiger partial charge in [0.2, 0.25) is 11.8 Å². The smallest absolute Gasteiger partial charge is 0.226 e. The van der Waals surface area contributed by atoms with Crippen LogP contribution in [0.15, 0.2) is 34.9 Å². The van der Waals surface area contributed by atoms with Crippen LogP contribution in [-0.4, -0.2) is 22.1 Å². The van der Waals surface area contributed by atoms with E-state index >= 15 is 0 Å². The van der Waals surface area contributed by atoms with Crippen LogP contribution in [0.3, 0.4) is 0 Å². The monoisotopic (exact) mass is 341 g/mol. The molecule has 5 nitrogen and oxygen atoms in total. The Labute approximate surface area is 149 Å². The van der Waals surface area contributed by atoms with Gasteiger partial charge in [-0.15, -0.1) is 0 Å². The van der Waals surface area contributed by atoms with E-state index in [-0.39, 0.29) is 5.91 Å². The first kappa shape index (κ1) is 17.6. The standard InChI is InChI=1S/C20H27N3O2/c1-15-21-20(25-23-15)13-7-12-19(24)22-18-11-6-5-10-17(18)14-16-8-3-2-4-9-16/h2-4,8-9,17-18H,5-7,10-14H2,1H3,(H,22,24)/t17-,18+/m1/s1.